The largest absolute Gasteiger partial charge is 0.497 e. The minimum atomic E-state index is -1.42. The maximum Gasteiger partial charge on any atom is 0.252 e. The molecule has 1 heterocycles. The fourth-order valence-corrected chi connectivity index (χ4v) is 6.34. The summed E-state index contributed by atoms with van der Waals surface area (Å²) in [6.07, 6.45) is 1.38. The van der Waals surface area contributed by atoms with Crippen molar-refractivity contribution in [2.24, 2.45) is 10.1 Å². The molecule has 10 heteroatoms. The molecule has 0 radical (unpaired) electrons. The van der Waals surface area contributed by atoms with Crippen molar-refractivity contribution in [2.75, 3.05) is 20.3 Å². The Morgan fingerprint density at radius 2 is 1.72 bits per heavy atom. The third-order valence-corrected chi connectivity index (χ3v) is 8.70. The third-order valence-electron chi connectivity index (χ3n) is 8.70. The Hall–Kier alpha value is -5.31. The summed E-state index contributed by atoms with van der Waals surface area (Å²) in [5.41, 5.74) is 13.2. The Morgan fingerprint density at radius 1 is 1.00 bits per heavy atom. The maximum absolute atomic E-state index is 14.9. The highest BCUT2D eigenvalue weighted by atomic mass is 16.5. The maximum atomic E-state index is 14.9. The Labute approximate surface area is 273 Å². The highest BCUT2D eigenvalue weighted by Crippen LogP contribution is 2.44. The normalized spacial score (nSPS) is 18.4. The lowest BCUT2D eigenvalue weighted by Crippen LogP contribution is -2.53. The van der Waals surface area contributed by atoms with Crippen molar-refractivity contribution in [3.8, 4) is 11.5 Å². The van der Waals surface area contributed by atoms with Gasteiger partial charge in [-0.2, -0.15) is 0 Å². The first-order valence-electron chi connectivity index (χ1n) is 15.7. The van der Waals surface area contributed by atoms with Crippen molar-refractivity contribution in [3.63, 3.8) is 0 Å². The molecule has 0 bridgehead atoms. The number of hydrogen-bond donors (Lipinski definition) is 2. The first-order valence-corrected chi connectivity index (χ1v) is 15.7. The molecule has 0 saturated carbocycles. The molecule has 2 aliphatic rings. The zero-order chi connectivity index (χ0) is 32.6. The van der Waals surface area contributed by atoms with Crippen LogP contribution in [0.4, 0.5) is 0 Å². The van der Waals surface area contributed by atoms with E-state index >= 15 is 0 Å². The molecule has 0 fully saturated rings. The number of fused-ring (bicyclic) bond motifs is 1. The van der Waals surface area contributed by atoms with Crippen LogP contribution >= 0.6 is 0 Å². The number of aliphatic imine (C=N–C) groups is 1. The summed E-state index contributed by atoms with van der Waals surface area (Å²) >= 11 is 0. The van der Waals surface area contributed by atoms with E-state index < -0.39 is 11.6 Å². The summed E-state index contributed by atoms with van der Waals surface area (Å²) in [6, 6.07) is 30.7. The molecular weight excluding hydrogens is 594 g/mol. The van der Waals surface area contributed by atoms with Gasteiger partial charge in [-0.15, -0.1) is 0 Å². The zero-order valence-corrected chi connectivity index (χ0v) is 26.2. The van der Waals surface area contributed by atoms with Crippen LogP contribution in [0.5, 0.6) is 11.5 Å². The van der Waals surface area contributed by atoms with Crippen LogP contribution in [-0.4, -0.2) is 48.8 Å². The Balaban J connectivity index is 1.44. The number of carbonyl (C=O) groups is 1. The van der Waals surface area contributed by atoms with Gasteiger partial charge in [0.2, 0.25) is 5.90 Å². The van der Waals surface area contributed by atoms with E-state index in [0.717, 1.165) is 29.5 Å². The number of amides is 1. The molecule has 1 aliphatic carbocycles. The van der Waals surface area contributed by atoms with E-state index in [2.05, 4.69) is 27.5 Å². The van der Waals surface area contributed by atoms with Crippen LogP contribution in [0.25, 0.3) is 10.4 Å². The summed E-state index contributed by atoms with van der Waals surface area (Å²) in [5.74, 6) is 1.37. The first kappa shape index (κ1) is 31.7. The van der Waals surface area contributed by atoms with E-state index in [1.54, 1.807) is 7.11 Å². The lowest BCUT2D eigenvalue weighted by molar-refractivity contribution is -0.129. The lowest BCUT2D eigenvalue weighted by Gasteiger charge is -2.32. The molecule has 2 atom stereocenters. The third kappa shape index (κ3) is 6.94. The number of methoxy groups -OCH3 is 1. The molecule has 2 N–H and O–H groups in total. The highest BCUT2D eigenvalue weighted by molar-refractivity contribution is 6.01. The number of hydrogen-bond acceptors (Lipinski definition) is 7. The molecular formula is C37H37N5O5. The van der Waals surface area contributed by atoms with Gasteiger partial charge >= 0.3 is 0 Å². The van der Waals surface area contributed by atoms with Gasteiger partial charge in [0.15, 0.2) is 11.6 Å². The molecule has 1 aliphatic heterocycles. The van der Waals surface area contributed by atoms with Gasteiger partial charge in [0.25, 0.3) is 5.91 Å². The zero-order valence-electron chi connectivity index (χ0n) is 26.2. The Morgan fingerprint density at radius 3 is 2.43 bits per heavy atom. The van der Waals surface area contributed by atoms with Crippen LogP contribution in [0.2, 0.25) is 0 Å². The molecule has 10 nitrogen and oxygen atoms in total. The second-order valence-electron chi connectivity index (χ2n) is 11.7. The number of rotatable bonds is 13. The van der Waals surface area contributed by atoms with Crippen molar-refractivity contribution in [3.05, 3.63) is 141 Å². The van der Waals surface area contributed by atoms with Gasteiger partial charge in [-0.1, -0.05) is 65.8 Å². The second kappa shape index (κ2) is 14.4. The average Bonchev–Trinajstić information content (AvgIpc) is 3.70. The molecule has 0 aromatic heterocycles. The average molecular weight is 632 g/mol. The van der Waals surface area contributed by atoms with E-state index in [0.29, 0.717) is 36.0 Å². The van der Waals surface area contributed by atoms with Gasteiger partial charge in [-0.25, -0.2) is 4.99 Å². The van der Waals surface area contributed by atoms with Gasteiger partial charge in [0.05, 0.1) is 20.3 Å². The molecule has 0 spiro atoms. The predicted octanol–water partition coefficient (Wildman–Crippen LogP) is 6.05. The van der Waals surface area contributed by atoms with Crippen LogP contribution < -0.4 is 14.8 Å². The molecule has 4 aromatic carbocycles. The van der Waals surface area contributed by atoms with E-state index in [1.807, 2.05) is 84.9 Å². The van der Waals surface area contributed by atoms with Crippen LogP contribution in [0.3, 0.4) is 0 Å². The number of azide groups is 1. The molecule has 0 saturated heterocycles. The SMILES string of the molecule is COc1cccc([C@H]2OC(c3ccc(OCCCO)cc3)=N[C@@]2(Cc2ccccc2CN=[N+]=[N-])C(=O)NC2Cc3ccccc3C2)c1. The number of aliphatic hydroxyl groups is 1. The number of aliphatic hydroxyl groups excluding tert-OH is 1. The van der Waals surface area contributed by atoms with Crippen molar-refractivity contribution in [2.45, 2.75) is 49.9 Å². The summed E-state index contributed by atoms with van der Waals surface area (Å²) in [6.45, 7) is 0.591. The smallest absolute Gasteiger partial charge is 0.252 e. The monoisotopic (exact) mass is 631 g/mol. The second-order valence-corrected chi connectivity index (χ2v) is 11.7. The molecule has 6 rings (SSSR count). The number of nitrogens with one attached hydrogen (secondary N) is 1. The van der Waals surface area contributed by atoms with Gasteiger partial charge in [0.1, 0.15) is 11.5 Å². The first-order chi connectivity index (χ1) is 23.0. The van der Waals surface area contributed by atoms with Crippen molar-refractivity contribution in [1.82, 2.24) is 5.32 Å². The van der Waals surface area contributed by atoms with Crippen LogP contribution in [0.1, 0.15) is 45.9 Å². The van der Waals surface area contributed by atoms with Crippen molar-refractivity contribution < 1.29 is 24.1 Å². The topological polar surface area (TPSA) is 138 Å². The predicted molar refractivity (Wildman–Crippen MR) is 179 cm³/mol. The molecule has 240 valence electrons. The van der Waals surface area contributed by atoms with E-state index in [9.17, 15) is 4.79 Å². The van der Waals surface area contributed by atoms with E-state index in [4.69, 9.17) is 29.8 Å². The number of benzene rings is 4. The Kier molecular flexibility index (Phi) is 9.71. The summed E-state index contributed by atoms with van der Waals surface area (Å²) in [7, 11) is 1.60. The summed E-state index contributed by atoms with van der Waals surface area (Å²) < 4.78 is 18.0. The van der Waals surface area contributed by atoms with Crippen molar-refractivity contribution in [1.29, 1.82) is 0 Å². The lowest BCUT2D eigenvalue weighted by atomic mass is 9.80. The van der Waals surface area contributed by atoms with Gasteiger partial charge in [0, 0.05) is 36.0 Å². The number of ether oxygens (including phenoxy) is 3. The molecule has 4 aromatic rings. The number of carbonyl (C=O) groups excluding carboxylic acids is 1. The van der Waals surface area contributed by atoms with Crippen LogP contribution in [0, 0.1) is 0 Å². The number of nitrogens with zero attached hydrogens (tertiary/aromatic N) is 4. The molecule has 0 unspecified atom stereocenters. The summed E-state index contributed by atoms with van der Waals surface area (Å²) in [5, 5.41) is 16.3. The van der Waals surface area contributed by atoms with Crippen molar-refractivity contribution >= 4 is 11.8 Å². The minimum Gasteiger partial charge on any atom is -0.497 e. The van der Waals surface area contributed by atoms with Crippen LogP contribution in [-0.2, 0) is 35.3 Å². The summed E-state index contributed by atoms with van der Waals surface area (Å²) in [4.78, 5) is 23.0. The highest BCUT2D eigenvalue weighted by Gasteiger charge is 2.54. The van der Waals surface area contributed by atoms with E-state index in [1.165, 1.54) is 11.1 Å². The quantitative estimate of drug-likeness (QED) is 0.0801. The molecule has 1 amide bonds. The Bertz CT molecular complexity index is 1780. The molecule has 47 heavy (non-hydrogen) atoms. The van der Waals surface area contributed by atoms with Gasteiger partial charge in [-0.05, 0) is 82.6 Å². The fraction of sp³-hybridized carbons (Fsp3) is 0.297. The van der Waals surface area contributed by atoms with Gasteiger partial charge in [-0.3, -0.25) is 4.79 Å². The van der Waals surface area contributed by atoms with E-state index in [-0.39, 0.29) is 31.5 Å². The fourth-order valence-electron chi connectivity index (χ4n) is 6.34. The minimum absolute atomic E-state index is 0.0530. The van der Waals surface area contributed by atoms with Crippen LogP contribution in [0.15, 0.2) is 107 Å². The van der Waals surface area contributed by atoms with Gasteiger partial charge < -0.3 is 24.6 Å². The standard InChI is InChI=1S/C37H37N5O5/c1-45-33-13-6-12-28(22-33)34-37(23-29-10-4-5-11-30(29)24-39-42-38,36(44)40-31-20-26-8-2-3-9-27(26)21-31)41-35(47-34)25-14-16-32(17-15-25)46-19-7-18-43/h2-6,8-17,22,31,34,43H,7,18-21,23-24H2,1H3,(H,40,44)/t34-,37-/m1/s1.